The van der Waals surface area contributed by atoms with Gasteiger partial charge in [0, 0.05) is 13.1 Å². The number of nitrogens with zero attached hydrogens (tertiary/aromatic N) is 1. The lowest BCUT2D eigenvalue weighted by Crippen LogP contribution is -2.39. The fourth-order valence-corrected chi connectivity index (χ4v) is 3.27. The highest BCUT2D eigenvalue weighted by molar-refractivity contribution is 9.10. The fourth-order valence-electron chi connectivity index (χ4n) is 2.69. The summed E-state index contributed by atoms with van der Waals surface area (Å²) in [4.78, 5) is 14.4. The molecule has 1 fully saturated rings. The van der Waals surface area contributed by atoms with E-state index in [4.69, 9.17) is 4.74 Å². The maximum atomic E-state index is 12.4. The summed E-state index contributed by atoms with van der Waals surface area (Å²) in [5.41, 5.74) is 1.16. The standard InChI is InChI=1S/C16H23BrN2O2/c1-11-4-5-15(14(17)8-11)21-12(2)16(20)19-7-6-13(10-19)9-18-3/h4-5,8,12-13,18H,6-7,9-10H2,1-3H3/t12-,13+/m0/s1. The fraction of sp³-hybridized carbons (Fsp3) is 0.562. The average molecular weight is 355 g/mol. The first kappa shape index (κ1) is 16.3. The molecule has 5 heteroatoms. The van der Waals surface area contributed by atoms with Crippen LogP contribution in [0.4, 0.5) is 0 Å². The van der Waals surface area contributed by atoms with E-state index in [0.29, 0.717) is 11.7 Å². The molecule has 0 unspecified atom stereocenters. The van der Waals surface area contributed by atoms with Crippen LogP contribution >= 0.6 is 15.9 Å². The molecule has 2 atom stereocenters. The zero-order valence-corrected chi connectivity index (χ0v) is 14.4. The Bertz CT molecular complexity index is 507. The van der Waals surface area contributed by atoms with Gasteiger partial charge in [0.05, 0.1) is 4.47 Å². The zero-order chi connectivity index (χ0) is 15.4. The summed E-state index contributed by atoms with van der Waals surface area (Å²) < 4.78 is 6.70. The molecular formula is C16H23BrN2O2. The average Bonchev–Trinajstić information content (AvgIpc) is 2.90. The van der Waals surface area contributed by atoms with E-state index >= 15 is 0 Å². The van der Waals surface area contributed by atoms with Gasteiger partial charge in [-0.05, 0) is 73.4 Å². The molecular weight excluding hydrogens is 332 g/mol. The van der Waals surface area contributed by atoms with E-state index in [2.05, 4.69) is 21.2 Å². The van der Waals surface area contributed by atoms with Gasteiger partial charge in [-0.2, -0.15) is 0 Å². The molecule has 4 nitrogen and oxygen atoms in total. The summed E-state index contributed by atoms with van der Waals surface area (Å²) >= 11 is 3.48. The summed E-state index contributed by atoms with van der Waals surface area (Å²) in [7, 11) is 1.95. The number of ether oxygens (including phenoxy) is 1. The lowest BCUT2D eigenvalue weighted by Gasteiger charge is -2.22. The van der Waals surface area contributed by atoms with Crippen LogP contribution in [0.1, 0.15) is 18.9 Å². The van der Waals surface area contributed by atoms with Crippen LogP contribution in [-0.2, 0) is 4.79 Å². The van der Waals surface area contributed by atoms with Gasteiger partial charge in [-0.3, -0.25) is 4.79 Å². The van der Waals surface area contributed by atoms with Crippen LogP contribution in [0.2, 0.25) is 0 Å². The largest absolute Gasteiger partial charge is 0.480 e. The number of nitrogens with one attached hydrogen (secondary N) is 1. The summed E-state index contributed by atoms with van der Waals surface area (Å²) in [5, 5.41) is 3.18. The van der Waals surface area contributed by atoms with Crippen LogP contribution in [0.25, 0.3) is 0 Å². The number of carbonyl (C=O) groups excluding carboxylic acids is 1. The molecule has 1 aromatic rings. The first-order valence-corrected chi connectivity index (χ1v) is 8.16. The van der Waals surface area contributed by atoms with Crippen molar-refractivity contribution in [3.8, 4) is 5.75 Å². The van der Waals surface area contributed by atoms with Crippen molar-refractivity contribution in [3.05, 3.63) is 28.2 Å². The summed E-state index contributed by atoms with van der Waals surface area (Å²) in [5.74, 6) is 1.34. The molecule has 1 saturated heterocycles. The van der Waals surface area contributed by atoms with Gasteiger partial charge in [-0.15, -0.1) is 0 Å². The van der Waals surface area contributed by atoms with Gasteiger partial charge in [0.25, 0.3) is 5.91 Å². The van der Waals surface area contributed by atoms with E-state index in [1.807, 2.05) is 44.0 Å². The molecule has 1 aliphatic heterocycles. The molecule has 0 spiro atoms. The molecule has 2 rings (SSSR count). The molecule has 1 heterocycles. The van der Waals surface area contributed by atoms with Gasteiger partial charge in [-0.25, -0.2) is 0 Å². The minimum absolute atomic E-state index is 0.0704. The summed E-state index contributed by atoms with van der Waals surface area (Å²) in [6, 6.07) is 5.87. The number of likely N-dealkylation sites (tertiary alicyclic amines) is 1. The summed E-state index contributed by atoms with van der Waals surface area (Å²) in [6.07, 6.45) is 0.602. The first-order valence-electron chi connectivity index (χ1n) is 7.37. The molecule has 21 heavy (non-hydrogen) atoms. The second-order valence-corrected chi connectivity index (χ2v) is 6.54. The number of benzene rings is 1. The molecule has 1 N–H and O–H groups in total. The van der Waals surface area contributed by atoms with Crippen LogP contribution in [0.15, 0.2) is 22.7 Å². The highest BCUT2D eigenvalue weighted by Gasteiger charge is 2.29. The second-order valence-electron chi connectivity index (χ2n) is 5.69. The van der Waals surface area contributed by atoms with Gasteiger partial charge in [0.15, 0.2) is 6.10 Å². The number of amides is 1. The maximum absolute atomic E-state index is 12.4. The lowest BCUT2D eigenvalue weighted by molar-refractivity contribution is -0.137. The Morgan fingerprint density at radius 3 is 3.00 bits per heavy atom. The van der Waals surface area contributed by atoms with Crippen LogP contribution in [0.5, 0.6) is 5.75 Å². The Kier molecular flexibility index (Phi) is 5.65. The van der Waals surface area contributed by atoms with Crippen molar-refractivity contribution in [1.29, 1.82) is 0 Å². The minimum atomic E-state index is -0.461. The van der Waals surface area contributed by atoms with Gasteiger partial charge in [0.2, 0.25) is 0 Å². The van der Waals surface area contributed by atoms with Crippen LogP contribution < -0.4 is 10.1 Å². The Hall–Kier alpha value is -1.07. The van der Waals surface area contributed by atoms with Gasteiger partial charge in [-0.1, -0.05) is 6.07 Å². The molecule has 116 valence electrons. The van der Waals surface area contributed by atoms with Crippen molar-refractivity contribution < 1.29 is 9.53 Å². The van der Waals surface area contributed by atoms with Crippen molar-refractivity contribution in [2.45, 2.75) is 26.4 Å². The third kappa shape index (κ3) is 4.20. The molecule has 0 aliphatic carbocycles. The van der Waals surface area contributed by atoms with Crippen LogP contribution in [0.3, 0.4) is 0 Å². The summed E-state index contributed by atoms with van der Waals surface area (Å²) in [6.45, 7) is 6.45. The molecule has 0 radical (unpaired) electrons. The van der Waals surface area contributed by atoms with Crippen molar-refractivity contribution in [1.82, 2.24) is 10.2 Å². The van der Waals surface area contributed by atoms with E-state index in [9.17, 15) is 4.79 Å². The van der Waals surface area contributed by atoms with Gasteiger partial charge >= 0.3 is 0 Å². The van der Waals surface area contributed by atoms with Crippen molar-refractivity contribution in [2.24, 2.45) is 5.92 Å². The van der Waals surface area contributed by atoms with Crippen LogP contribution in [-0.4, -0.2) is 43.6 Å². The number of hydrogen-bond acceptors (Lipinski definition) is 3. The van der Waals surface area contributed by atoms with Crippen molar-refractivity contribution >= 4 is 21.8 Å². The number of aryl methyl sites for hydroxylation is 1. The molecule has 1 aliphatic rings. The normalized spacial score (nSPS) is 19.6. The molecule has 0 aromatic heterocycles. The quantitative estimate of drug-likeness (QED) is 0.883. The third-order valence-corrected chi connectivity index (χ3v) is 4.45. The smallest absolute Gasteiger partial charge is 0.263 e. The molecule has 0 bridgehead atoms. The number of carbonyl (C=O) groups is 1. The van der Waals surface area contributed by atoms with E-state index in [1.165, 1.54) is 0 Å². The molecule has 1 amide bonds. The Morgan fingerprint density at radius 2 is 2.33 bits per heavy atom. The maximum Gasteiger partial charge on any atom is 0.263 e. The molecule has 0 saturated carbocycles. The Balaban J connectivity index is 1.94. The van der Waals surface area contributed by atoms with Crippen LogP contribution in [0, 0.1) is 12.8 Å². The highest BCUT2D eigenvalue weighted by atomic mass is 79.9. The Morgan fingerprint density at radius 1 is 1.57 bits per heavy atom. The number of hydrogen-bond donors (Lipinski definition) is 1. The van der Waals surface area contributed by atoms with E-state index in [1.54, 1.807) is 0 Å². The van der Waals surface area contributed by atoms with E-state index in [-0.39, 0.29) is 5.91 Å². The van der Waals surface area contributed by atoms with Crippen molar-refractivity contribution in [3.63, 3.8) is 0 Å². The SMILES string of the molecule is CNC[C@H]1CCN(C(=O)[C@H](C)Oc2ccc(C)cc2Br)C1. The third-order valence-electron chi connectivity index (χ3n) is 3.83. The van der Waals surface area contributed by atoms with E-state index in [0.717, 1.165) is 36.1 Å². The lowest BCUT2D eigenvalue weighted by atomic mass is 10.1. The van der Waals surface area contributed by atoms with E-state index < -0.39 is 6.10 Å². The van der Waals surface area contributed by atoms with Gasteiger partial charge in [0.1, 0.15) is 5.75 Å². The number of rotatable bonds is 5. The van der Waals surface area contributed by atoms with Crippen molar-refractivity contribution in [2.75, 3.05) is 26.7 Å². The predicted molar refractivity (Wildman–Crippen MR) is 87.6 cm³/mol. The monoisotopic (exact) mass is 354 g/mol. The molecule has 1 aromatic carbocycles. The predicted octanol–water partition coefficient (Wildman–Crippen LogP) is 2.59. The Labute approximate surface area is 135 Å². The van der Waals surface area contributed by atoms with Gasteiger partial charge < -0.3 is 15.0 Å². The number of halogens is 1. The topological polar surface area (TPSA) is 41.6 Å². The highest BCUT2D eigenvalue weighted by Crippen LogP contribution is 2.27. The second kappa shape index (κ2) is 7.27. The first-order chi connectivity index (χ1) is 10.0. The minimum Gasteiger partial charge on any atom is -0.480 e. The zero-order valence-electron chi connectivity index (χ0n) is 12.9.